The number of allylic oxidation sites excluding steroid dienone is 2. The summed E-state index contributed by atoms with van der Waals surface area (Å²) < 4.78 is 15.9. The van der Waals surface area contributed by atoms with E-state index in [1.165, 1.54) is 72.6 Å². The zero-order valence-corrected chi connectivity index (χ0v) is 30.9. The van der Waals surface area contributed by atoms with Crippen LogP contribution in [-0.4, -0.2) is 0 Å². The molecule has 2 aromatic heterocycles. The minimum absolute atomic E-state index is 0.101. The maximum absolute atomic E-state index is 6.46. The molecule has 2 heterocycles. The van der Waals surface area contributed by atoms with Crippen LogP contribution >= 0.6 is 0 Å². The minimum atomic E-state index is -1.38. The van der Waals surface area contributed by atoms with Crippen LogP contribution in [0.1, 0.15) is 57.1 Å². The van der Waals surface area contributed by atoms with E-state index in [9.17, 15) is 0 Å². The average molecular weight is 734 g/mol. The van der Waals surface area contributed by atoms with Crippen molar-refractivity contribution in [3.8, 4) is 22.3 Å². The van der Waals surface area contributed by atoms with Crippen LogP contribution in [0.3, 0.4) is 0 Å². The molecule has 51 heavy (non-hydrogen) atoms. The van der Waals surface area contributed by atoms with Crippen molar-refractivity contribution in [2.24, 2.45) is 0 Å². The van der Waals surface area contributed by atoms with Crippen LogP contribution in [0.25, 0.3) is 56.0 Å². The Kier molecular flexibility index (Phi) is 7.33. The Balaban J connectivity index is 1.12. The molecule has 2 nitrogen and oxygen atoms in total. The van der Waals surface area contributed by atoms with Gasteiger partial charge < -0.3 is 0 Å². The third-order valence-corrected chi connectivity index (χ3v) is 14.2. The van der Waals surface area contributed by atoms with Gasteiger partial charge in [0, 0.05) is 0 Å². The van der Waals surface area contributed by atoms with Crippen LogP contribution < -0.4 is 0 Å². The zero-order chi connectivity index (χ0) is 34.1. The molecule has 2 aliphatic carbocycles. The number of fused-ring (bicyclic) bond motifs is 4. The number of rotatable bonds is 6. The molecule has 0 bridgehead atoms. The average Bonchev–Trinajstić information content (AvgIpc) is 3.95. The van der Waals surface area contributed by atoms with Gasteiger partial charge in [0.05, 0.1) is 0 Å². The van der Waals surface area contributed by atoms with Gasteiger partial charge in [0.25, 0.3) is 0 Å². The quantitative estimate of drug-likeness (QED) is 0.170. The number of benzene rings is 6. The van der Waals surface area contributed by atoms with Crippen molar-refractivity contribution < 1.29 is 32.1 Å². The van der Waals surface area contributed by atoms with Crippen molar-refractivity contribution in [2.45, 2.75) is 25.7 Å². The molecule has 0 aliphatic heterocycles. The Morgan fingerprint density at radius 2 is 0.882 bits per heavy atom. The Morgan fingerprint density at radius 1 is 0.431 bits per heavy atom. The summed E-state index contributed by atoms with van der Waals surface area (Å²) in [6.45, 7) is 4.10. The van der Waals surface area contributed by atoms with Crippen LogP contribution in [0.5, 0.6) is 0 Å². The summed E-state index contributed by atoms with van der Waals surface area (Å²) >= 11 is -1.38. The summed E-state index contributed by atoms with van der Waals surface area (Å²) in [4.78, 5) is 0. The molecule has 10 rings (SSSR count). The summed E-state index contributed by atoms with van der Waals surface area (Å²) in [6.07, 6.45) is 5.04. The molecule has 8 aromatic rings. The van der Waals surface area contributed by atoms with Crippen molar-refractivity contribution in [2.75, 3.05) is 0 Å². The molecule has 0 saturated carbocycles. The molecule has 0 saturated heterocycles. The van der Waals surface area contributed by atoms with Gasteiger partial charge >= 0.3 is 311 Å². The van der Waals surface area contributed by atoms with Crippen LogP contribution in [0.4, 0.5) is 0 Å². The normalized spacial score (nSPS) is 16.3. The van der Waals surface area contributed by atoms with Gasteiger partial charge in [-0.2, -0.15) is 0 Å². The summed E-state index contributed by atoms with van der Waals surface area (Å²) in [6, 6.07) is 53.2. The first-order valence-corrected chi connectivity index (χ1v) is 20.1. The van der Waals surface area contributed by atoms with Crippen molar-refractivity contribution in [1.29, 1.82) is 0 Å². The second kappa shape index (κ2) is 12.2. The topological polar surface area (TPSA) is 26.3 Å². The molecule has 0 N–H and O–H groups in total. The predicted molar refractivity (Wildman–Crippen MR) is 205 cm³/mol. The molecular weight excluding hydrogens is 700 g/mol. The summed E-state index contributed by atoms with van der Waals surface area (Å²) in [5.41, 5.74) is 10.4. The van der Waals surface area contributed by atoms with Crippen LogP contribution in [-0.2, 0) is 23.2 Å². The van der Waals surface area contributed by atoms with E-state index in [-0.39, 0.29) is 11.8 Å². The standard InChI is InChI=1S/2C24H17O.Zr/c2*1-16-9-14-24(25-16)23-13-12-22-20(7-4-8-21(22)23)19-11-10-17-5-2-3-6-18(17)15-19;/h2*2-12,14-15,23H,1H3;. The molecule has 6 aromatic carbocycles. The van der Waals surface area contributed by atoms with Gasteiger partial charge in [-0.1, -0.05) is 0 Å². The Bertz CT molecular complexity index is 2530. The van der Waals surface area contributed by atoms with Gasteiger partial charge in [-0.25, -0.2) is 0 Å². The van der Waals surface area contributed by atoms with Crippen LogP contribution in [0, 0.1) is 13.8 Å². The number of furan rings is 2. The zero-order valence-electron chi connectivity index (χ0n) is 28.5. The first kappa shape index (κ1) is 30.6. The fourth-order valence-corrected chi connectivity index (χ4v) is 12.3. The molecule has 242 valence electrons. The summed E-state index contributed by atoms with van der Waals surface area (Å²) in [5, 5.41) is 5.05. The summed E-state index contributed by atoms with van der Waals surface area (Å²) in [7, 11) is 0. The van der Waals surface area contributed by atoms with E-state index < -0.39 is 23.2 Å². The van der Waals surface area contributed by atoms with Gasteiger partial charge in [-0.05, 0) is 0 Å². The maximum atomic E-state index is 6.46. The fourth-order valence-electron chi connectivity index (χ4n) is 8.24. The van der Waals surface area contributed by atoms with Crippen LogP contribution in [0.2, 0.25) is 0 Å². The Labute approximate surface area is 309 Å². The van der Waals surface area contributed by atoms with E-state index in [4.69, 9.17) is 8.83 Å². The van der Waals surface area contributed by atoms with E-state index >= 15 is 0 Å². The van der Waals surface area contributed by atoms with Crippen molar-refractivity contribution in [3.05, 3.63) is 197 Å². The van der Waals surface area contributed by atoms with Crippen LogP contribution in [0.15, 0.2) is 161 Å². The van der Waals surface area contributed by atoms with Crippen molar-refractivity contribution in [1.82, 2.24) is 0 Å². The van der Waals surface area contributed by atoms with E-state index in [2.05, 4.69) is 158 Å². The predicted octanol–water partition coefficient (Wildman–Crippen LogP) is 12.9. The SMILES string of the molecule is Cc1ccc(C2[C]([Zr][C]3=Cc4c(-c5ccc6ccccc6c5)cccc4C3c3ccc(C)o3)=Cc3c(-c4ccc5ccccc5c4)cccc32)o1. The van der Waals surface area contributed by atoms with Gasteiger partial charge in [0.2, 0.25) is 0 Å². The first-order chi connectivity index (χ1) is 25.1. The molecule has 3 heteroatoms. The Morgan fingerprint density at radius 3 is 1.31 bits per heavy atom. The number of hydrogen-bond acceptors (Lipinski definition) is 2. The molecular formula is C48H34O2Zr. The Hall–Kier alpha value is -5.24. The number of hydrogen-bond donors (Lipinski definition) is 0. The summed E-state index contributed by atoms with van der Waals surface area (Å²) in [5.74, 6) is 4.17. The third kappa shape index (κ3) is 5.26. The van der Waals surface area contributed by atoms with Crippen molar-refractivity contribution in [3.63, 3.8) is 0 Å². The van der Waals surface area contributed by atoms with E-state index in [1.807, 2.05) is 13.8 Å². The van der Waals surface area contributed by atoms with E-state index in [1.54, 1.807) is 0 Å². The number of aryl methyl sites for hydroxylation is 2. The molecule has 0 spiro atoms. The van der Waals surface area contributed by atoms with Gasteiger partial charge in [0.1, 0.15) is 0 Å². The third-order valence-electron chi connectivity index (χ3n) is 10.6. The second-order valence-corrected chi connectivity index (χ2v) is 17.3. The monoisotopic (exact) mass is 732 g/mol. The van der Waals surface area contributed by atoms with Gasteiger partial charge in [0.15, 0.2) is 0 Å². The van der Waals surface area contributed by atoms with Gasteiger partial charge in [-0.15, -0.1) is 0 Å². The molecule has 2 unspecified atom stereocenters. The first-order valence-electron chi connectivity index (χ1n) is 17.6. The van der Waals surface area contributed by atoms with E-state index in [0.29, 0.717) is 0 Å². The van der Waals surface area contributed by atoms with E-state index in [0.717, 1.165) is 23.0 Å². The molecule has 0 radical (unpaired) electrons. The molecule has 0 fully saturated rings. The second-order valence-electron chi connectivity index (χ2n) is 13.8. The van der Waals surface area contributed by atoms with Gasteiger partial charge in [-0.3, -0.25) is 0 Å². The molecule has 2 aliphatic rings. The molecule has 0 amide bonds. The fraction of sp³-hybridized carbons (Fsp3) is 0.0833. The van der Waals surface area contributed by atoms with Crippen molar-refractivity contribution >= 4 is 33.7 Å². The molecule has 2 atom stereocenters.